The number of anilines is 3. The molecule has 10 nitrogen and oxygen atoms in total. The predicted molar refractivity (Wildman–Crippen MR) is 261 cm³/mol. The zero-order valence-electron chi connectivity index (χ0n) is 35.3. The first-order valence-electron chi connectivity index (χ1n) is 20.3. The molecule has 0 radical (unpaired) electrons. The summed E-state index contributed by atoms with van der Waals surface area (Å²) in [5.74, 6) is -1.43. The Bertz CT molecular complexity index is 2940. The lowest BCUT2D eigenvalue weighted by Crippen LogP contribution is -2.14. The van der Waals surface area contributed by atoms with E-state index in [1.165, 1.54) is 6.07 Å². The van der Waals surface area contributed by atoms with E-state index in [9.17, 15) is 34.5 Å². The number of hydrogen-bond donors (Lipinski definition) is 6. The number of aromatic carboxylic acids is 1. The fourth-order valence-corrected chi connectivity index (χ4v) is 6.76. The van der Waals surface area contributed by atoms with Gasteiger partial charge >= 0.3 is 5.97 Å². The number of carbonyl (C=O) groups excluding carboxylic acids is 3. The summed E-state index contributed by atoms with van der Waals surface area (Å²) < 4.78 is 0.950. The highest BCUT2D eigenvalue weighted by molar-refractivity contribution is 9.10. The van der Waals surface area contributed by atoms with Crippen molar-refractivity contribution in [2.75, 3.05) is 16.0 Å². The molecular weight excluding hydrogens is 883 g/mol. The van der Waals surface area contributed by atoms with E-state index in [0.29, 0.717) is 27.8 Å². The minimum absolute atomic E-state index is 0.00631. The van der Waals surface area contributed by atoms with Gasteiger partial charge in [-0.3, -0.25) is 14.4 Å². The fraction of sp³-hybridized carbons (Fsp3) is 0.0370. The Labute approximate surface area is 385 Å². The van der Waals surface area contributed by atoms with Crippen molar-refractivity contribution in [3.8, 4) is 33.8 Å². The van der Waals surface area contributed by atoms with Gasteiger partial charge < -0.3 is 31.3 Å². The van der Waals surface area contributed by atoms with Gasteiger partial charge in [-0.25, -0.2) is 4.79 Å². The smallest absolute Gasteiger partial charge is 0.337 e. The van der Waals surface area contributed by atoms with Crippen molar-refractivity contribution in [1.82, 2.24) is 0 Å². The van der Waals surface area contributed by atoms with Gasteiger partial charge in [0.15, 0.2) is 0 Å². The summed E-state index contributed by atoms with van der Waals surface area (Å²) in [6, 6.07) is 56.8. The number of carboxylic acids is 1. The number of amides is 3. The number of carbonyl (C=O) groups is 4. The number of halogens is 1. The molecule has 8 aromatic rings. The summed E-state index contributed by atoms with van der Waals surface area (Å²) in [6.45, 7) is 3.92. The Hall–Kier alpha value is -8.28. The van der Waals surface area contributed by atoms with Gasteiger partial charge in [0.2, 0.25) is 0 Å². The Kier molecular flexibility index (Phi) is 15.8. The fourth-order valence-electron chi connectivity index (χ4n) is 6.40. The molecule has 65 heavy (non-hydrogen) atoms. The average molecular weight is 927 g/mol. The Morgan fingerprint density at radius 2 is 0.769 bits per heavy atom. The molecular formula is C54H44BrN3O7. The first-order chi connectivity index (χ1) is 31.3. The molecule has 11 heteroatoms. The molecule has 0 saturated heterocycles. The summed E-state index contributed by atoms with van der Waals surface area (Å²) in [7, 11) is 0. The molecule has 0 aliphatic rings. The summed E-state index contributed by atoms with van der Waals surface area (Å²) >= 11 is 3.39. The standard InChI is InChI=1S/C20H15NO4.C20H17NO2.C14H12BrNO/c22-16-8-4-7-14(11-16)15-9-10-17(20(24)25)18(12-15)21-19(23)13-5-2-1-3-6-13;1-14-10-11-17(16-8-5-9-18(22)12-16)13-19(14)21-20(23)15-6-3-2-4-7-15;1-10-7-8-12(15)9-13(10)16-14(17)11-5-3-2-4-6-11/h1-12,22H,(H,21,23)(H,24,25);2-13,22H,1H3,(H,21,23);2-9H,1H3,(H,16,17). The van der Waals surface area contributed by atoms with Crippen molar-refractivity contribution < 1.29 is 34.5 Å². The third kappa shape index (κ3) is 13.1. The van der Waals surface area contributed by atoms with Gasteiger partial charge in [0.25, 0.3) is 17.7 Å². The number of aryl methyl sites for hydroxylation is 2. The first kappa shape index (κ1) is 46.2. The van der Waals surface area contributed by atoms with E-state index in [4.69, 9.17) is 0 Å². The summed E-state index contributed by atoms with van der Waals surface area (Å²) in [6.07, 6.45) is 0. The average Bonchev–Trinajstić information content (AvgIpc) is 3.32. The SMILES string of the molecule is Cc1ccc(-c2cccc(O)c2)cc1NC(=O)c1ccccc1.Cc1ccc(Br)cc1NC(=O)c1ccccc1.O=C(Nc1cc(-c2cccc(O)c2)ccc1C(=O)O)c1ccccc1. The van der Waals surface area contributed by atoms with Crippen molar-refractivity contribution in [1.29, 1.82) is 0 Å². The Morgan fingerprint density at radius 1 is 0.400 bits per heavy atom. The Balaban J connectivity index is 0.000000165. The number of aromatic hydroxyl groups is 2. The zero-order valence-corrected chi connectivity index (χ0v) is 36.9. The molecule has 324 valence electrons. The molecule has 0 aromatic heterocycles. The van der Waals surface area contributed by atoms with Crippen LogP contribution >= 0.6 is 15.9 Å². The number of benzene rings is 8. The predicted octanol–water partition coefficient (Wildman–Crippen LogP) is 12.6. The van der Waals surface area contributed by atoms with E-state index in [1.807, 2.05) is 92.7 Å². The zero-order chi connectivity index (χ0) is 46.3. The second kappa shape index (κ2) is 22.2. The molecule has 8 aromatic carbocycles. The molecule has 0 heterocycles. The maximum absolute atomic E-state index is 12.3. The largest absolute Gasteiger partial charge is 0.508 e. The maximum Gasteiger partial charge on any atom is 0.337 e. The minimum atomic E-state index is -1.13. The van der Waals surface area contributed by atoms with Crippen LogP contribution in [0.2, 0.25) is 0 Å². The molecule has 6 N–H and O–H groups in total. The highest BCUT2D eigenvalue weighted by atomic mass is 79.9. The van der Waals surface area contributed by atoms with Crippen LogP contribution in [0.25, 0.3) is 22.3 Å². The van der Waals surface area contributed by atoms with Crippen LogP contribution < -0.4 is 16.0 Å². The molecule has 0 atom stereocenters. The lowest BCUT2D eigenvalue weighted by molar-refractivity contribution is 0.0697. The van der Waals surface area contributed by atoms with Gasteiger partial charge in [0.05, 0.1) is 11.3 Å². The highest BCUT2D eigenvalue weighted by Gasteiger charge is 2.16. The van der Waals surface area contributed by atoms with Crippen molar-refractivity contribution >= 4 is 56.7 Å². The number of phenols is 2. The maximum atomic E-state index is 12.3. The second-order valence-corrected chi connectivity index (χ2v) is 15.5. The van der Waals surface area contributed by atoms with E-state index in [1.54, 1.807) is 109 Å². The van der Waals surface area contributed by atoms with Crippen LogP contribution in [0, 0.1) is 13.8 Å². The quantitative estimate of drug-likeness (QED) is 0.0838. The third-order valence-electron chi connectivity index (χ3n) is 9.90. The lowest BCUT2D eigenvalue weighted by Gasteiger charge is -2.11. The van der Waals surface area contributed by atoms with Crippen LogP contribution in [-0.4, -0.2) is 39.0 Å². The van der Waals surface area contributed by atoms with E-state index in [2.05, 4.69) is 31.9 Å². The number of carboxylic acid groups (broad SMARTS) is 1. The lowest BCUT2D eigenvalue weighted by atomic mass is 10.0. The topological polar surface area (TPSA) is 165 Å². The van der Waals surface area contributed by atoms with Crippen LogP contribution in [0.3, 0.4) is 0 Å². The molecule has 0 spiro atoms. The third-order valence-corrected chi connectivity index (χ3v) is 10.4. The van der Waals surface area contributed by atoms with Crippen molar-refractivity contribution in [3.05, 3.63) is 232 Å². The second-order valence-electron chi connectivity index (χ2n) is 14.6. The Morgan fingerprint density at radius 3 is 1.20 bits per heavy atom. The van der Waals surface area contributed by atoms with Gasteiger partial charge in [-0.05, 0) is 138 Å². The van der Waals surface area contributed by atoms with Gasteiger partial charge in [0.1, 0.15) is 11.5 Å². The van der Waals surface area contributed by atoms with Crippen LogP contribution in [0.4, 0.5) is 17.1 Å². The van der Waals surface area contributed by atoms with Gasteiger partial charge in [-0.15, -0.1) is 0 Å². The number of hydrogen-bond acceptors (Lipinski definition) is 6. The summed E-state index contributed by atoms with van der Waals surface area (Å²) in [4.78, 5) is 48.1. The van der Waals surface area contributed by atoms with Crippen molar-refractivity contribution in [2.24, 2.45) is 0 Å². The summed E-state index contributed by atoms with van der Waals surface area (Å²) in [5, 5.41) is 37.1. The monoisotopic (exact) mass is 925 g/mol. The number of rotatable bonds is 9. The van der Waals surface area contributed by atoms with Gasteiger partial charge in [-0.1, -0.05) is 119 Å². The number of nitrogens with one attached hydrogen (secondary N) is 3. The first-order valence-corrected chi connectivity index (χ1v) is 21.1. The molecule has 0 fully saturated rings. The molecule has 8 rings (SSSR count). The molecule has 0 saturated carbocycles. The molecule has 3 amide bonds. The van der Waals surface area contributed by atoms with Crippen LogP contribution in [-0.2, 0) is 0 Å². The highest BCUT2D eigenvalue weighted by Crippen LogP contribution is 2.30. The molecule has 0 bridgehead atoms. The summed E-state index contributed by atoms with van der Waals surface area (Å²) in [5.41, 5.74) is 8.76. The van der Waals surface area contributed by atoms with Crippen LogP contribution in [0.1, 0.15) is 52.6 Å². The van der Waals surface area contributed by atoms with Crippen LogP contribution in [0.5, 0.6) is 11.5 Å². The van der Waals surface area contributed by atoms with Crippen molar-refractivity contribution in [2.45, 2.75) is 13.8 Å². The van der Waals surface area contributed by atoms with Gasteiger partial charge in [0, 0.05) is 32.5 Å². The number of phenolic OH excluding ortho intramolecular Hbond substituents is 2. The van der Waals surface area contributed by atoms with Crippen LogP contribution in [0.15, 0.2) is 199 Å². The normalized spacial score (nSPS) is 10.2. The van der Waals surface area contributed by atoms with E-state index >= 15 is 0 Å². The molecule has 0 aliphatic carbocycles. The minimum Gasteiger partial charge on any atom is -0.508 e. The molecule has 0 aliphatic heterocycles. The van der Waals surface area contributed by atoms with E-state index in [0.717, 1.165) is 38.1 Å². The van der Waals surface area contributed by atoms with E-state index in [-0.39, 0.29) is 34.6 Å². The molecule has 0 unspecified atom stereocenters. The van der Waals surface area contributed by atoms with Gasteiger partial charge in [-0.2, -0.15) is 0 Å². The van der Waals surface area contributed by atoms with E-state index < -0.39 is 11.9 Å². The van der Waals surface area contributed by atoms with Crippen molar-refractivity contribution in [3.63, 3.8) is 0 Å².